The summed E-state index contributed by atoms with van der Waals surface area (Å²) in [5.41, 5.74) is 1.39. The lowest BCUT2D eigenvalue weighted by molar-refractivity contribution is -0.126. The van der Waals surface area contributed by atoms with Gasteiger partial charge in [0.15, 0.2) is 0 Å². The zero-order valence-electron chi connectivity index (χ0n) is 26.5. The van der Waals surface area contributed by atoms with Gasteiger partial charge >= 0.3 is 13.2 Å². The minimum absolute atomic E-state index is 0.187. The Labute approximate surface area is 246 Å². The van der Waals surface area contributed by atoms with E-state index >= 15 is 0 Å². The second-order valence-electron chi connectivity index (χ2n) is 15.9. The van der Waals surface area contributed by atoms with E-state index in [1.54, 1.807) is 4.90 Å². The van der Waals surface area contributed by atoms with Gasteiger partial charge in [0.05, 0.1) is 16.6 Å². The average molecular weight is 566 g/mol. The minimum atomic E-state index is -0.619. The molecule has 4 heterocycles. The average Bonchev–Trinajstić information content (AvgIpc) is 3.17. The van der Waals surface area contributed by atoms with E-state index in [9.17, 15) is 9.59 Å². The third-order valence-corrected chi connectivity index (χ3v) is 10.5. The molecule has 0 radical (unpaired) electrons. The summed E-state index contributed by atoms with van der Waals surface area (Å²) in [7, 11) is -0.481. The van der Waals surface area contributed by atoms with Crippen LogP contribution in [0.25, 0.3) is 0 Å². The lowest BCUT2D eigenvalue weighted by Crippen LogP contribution is -2.64. The van der Waals surface area contributed by atoms with Crippen LogP contribution in [0.5, 0.6) is 0 Å². The number of anilines is 1. The van der Waals surface area contributed by atoms with Gasteiger partial charge in [-0.1, -0.05) is 26.0 Å². The summed E-state index contributed by atoms with van der Waals surface area (Å²) in [5.74, 6) is 0.190. The summed E-state index contributed by atoms with van der Waals surface area (Å²) in [6, 6.07) is 7.08. The molecular weight excluding hydrogens is 517 g/mol. The lowest BCUT2D eigenvalue weighted by atomic mass is 9.71. The van der Waals surface area contributed by atoms with Crippen molar-refractivity contribution in [3.05, 3.63) is 23.8 Å². The SMILES string of the molecule is CC1(C)CN(C2CC(N3C(=O)C4(CCN(C(=O)OC(C)(C)C)CC4)c4ccc(B5OC(C)(C)C(C)(C)O5)cc43)C2)C1. The molecule has 41 heavy (non-hydrogen) atoms. The quantitative estimate of drug-likeness (QED) is 0.504. The smallest absolute Gasteiger partial charge is 0.444 e. The second-order valence-corrected chi connectivity index (χ2v) is 15.9. The number of nitrogens with zero attached hydrogens (tertiary/aromatic N) is 3. The summed E-state index contributed by atoms with van der Waals surface area (Å²) < 4.78 is 18.4. The van der Waals surface area contributed by atoms with Crippen LogP contribution >= 0.6 is 0 Å². The molecular formula is C32H48BN3O5. The normalized spacial score (nSPS) is 29.8. The third-order valence-electron chi connectivity index (χ3n) is 10.5. The number of carbonyl (C=O) groups is 2. The molecule has 0 atom stereocenters. The summed E-state index contributed by atoms with van der Waals surface area (Å²) >= 11 is 0. The molecule has 5 aliphatic rings. The molecule has 0 aromatic heterocycles. The Kier molecular flexibility index (Phi) is 6.51. The highest BCUT2D eigenvalue weighted by atomic mass is 16.7. The number of piperidine rings is 1. The fourth-order valence-electron chi connectivity index (χ4n) is 7.36. The Morgan fingerprint density at radius 3 is 2.07 bits per heavy atom. The van der Waals surface area contributed by atoms with Crippen LogP contribution in [0.15, 0.2) is 18.2 Å². The van der Waals surface area contributed by atoms with Gasteiger partial charge in [0.25, 0.3) is 0 Å². The predicted molar refractivity (Wildman–Crippen MR) is 161 cm³/mol. The topological polar surface area (TPSA) is 71.6 Å². The van der Waals surface area contributed by atoms with Crippen molar-refractivity contribution >= 4 is 30.3 Å². The molecule has 1 spiro atoms. The Hall–Kier alpha value is -2.10. The number of carbonyl (C=O) groups excluding carboxylic acids is 2. The van der Waals surface area contributed by atoms with Crippen molar-refractivity contribution in [2.45, 2.75) is 122 Å². The number of rotatable bonds is 3. The number of fused-ring (bicyclic) bond motifs is 2. The largest absolute Gasteiger partial charge is 0.494 e. The maximum atomic E-state index is 14.5. The zero-order valence-corrected chi connectivity index (χ0v) is 26.5. The van der Waals surface area contributed by atoms with Gasteiger partial charge < -0.3 is 23.8 Å². The van der Waals surface area contributed by atoms with Gasteiger partial charge in [0, 0.05) is 44.0 Å². The van der Waals surface area contributed by atoms with Gasteiger partial charge in [-0.05, 0) is 96.7 Å². The van der Waals surface area contributed by atoms with Crippen molar-refractivity contribution in [3.63, 3.8) is 0 Å². The molecule has 1 saturated carbocycles. The van der Waals surface area contributed by atoms with E-state index in [-0.39, 0.29) is 18.0 Å². The first-order valence-electron chi connectivity index (χ1n) is 15.5. The monoisotopic (exact) mass is 565 g/mol. The van der Waals surface area contributed by atoms with E-state index in [0.717, 1.165) is 42.6 Å². The van der Waals surface area contributed by atoms with E-state index in [1.165, 1.54) is 0 Å². The van der Waals surface area contributed by atoms with Gasteiger partial charge in [-0.15, -0.1) is 0 Å². The van der Waals surface area contributed by atoms with Crippen LogP contribution in [0.4, 0.5) is 10.5 Å². The van der Waals surface area contributed by atoms with Crippen molar-refractivity contribution in [1.29, 1.82) is 0 Å². The van der Waals surface area contributed by atoms with Gasteiger partial charge in [-0.25, -0.2) is 4.79 Å². The van der Waals surface area contributed by atoms with Gasteiger partial charge in [0.2, 0.25) is 5.91 Å². The fraction of sp³-hybridized carbons (Fsp3) is 0.750. The Morgan fingerprint density at radius 1 is 0.951 bits per heavy atom. The van der Waals surface area contributed by atoms with Crippen LogP contribution in [0.2, 0.25) is 0 Å². The number of likely N-dealkylation sites (tertiary alicyclic amines) is 2. The molecule has 0 N–H and O–H groups in total. The molecule has 8 nitrogen and oxygen atoms in total. The van der Waals surface area contributed by atoms with Crippen molar-refractivity contribution < 1.29 is 23.6 Å². The first-order valence-corrected chi connectivity index (χ1v) is 15.5. The van der Waals surface area contributed by atoms with E-state index < -0.39 is 29.3 Å². The molecule has 4 aliphatic heterocycles. The number of benzene rings is 1. The first kappa shape index (κ1) is 29.0. The molecule has 0 bridgehead atoms. The Balaban J connectivity index is 1.27. The molecule has 224 valence electrons. The molecule has 0 unspecified atom stereocenters. The Bertz CT molecular complexity index is 1220. The predicted octanol–water partition coefficient (Wildman–Crippen LogP) is 4.47. The number of hydrogen-bond donors (Lipinski definition) is 0. The molecule has 1 aromatic rings. The number of amides is 2. The molecule has 2 amide bonds. The summed E-state index contributed by atoms with van der Waals surface area (Å²) in [5, 5.41) is 0. The molecule has 1 aromatic carbocycles. The van der Waals surface area contributed by atoms with Crippen LogP contribution in [-0.2, 0) is 24.3 Å². The van der Waals surface area contributed by atoms with Crippen LogP contribution < -0.4 is 10.4 Å². The first-order chi connectivity index (χ1) is 18.9. The standard InChI is InChI=1S/C32H48BN3O5/c1-28(2,3)39-27(38)34-14-12-32(13-15-34)24-11-10-21(33-40-30(6,7)31(8,9)41-33)16-25(24)36(26(32)37)23-17-22(18-23)35-19-29(4,5)20-35/h10-11,16,22-23H,12-15,17-20H2,1-9H3. The fourth-order valence-corrected chi connectivity index (χ4v) is 7.36. The summed E-state index contributed by atoms with van der Waals surface area (Å²) in [4.78, 5) is 33.8. The number of ether oxygens (including phenoxy) is 1. The van der Waals surface area contributed by atoms with Gasteiger partial charge in [0.1, 0.15) is 5.60 Å². The highest BCUT2D eigenvalue weighted by Crippen LogP contribution is 2.51. The maximum absolute atomic E-state index is 14.5. The lowest BCUT2D eigenvalue weighted by Gasteiger charge is -2.55. The number of hydrogen-bond acceptors (Lipinski definition) is 6. The van der Waals surface area contributed by atoms with Crippen LogP contribution in [0, 0.1) is 5.41 Å². The van der Waals surface area contributed by atoms with Crippen molar-refractivity contribution in [3.8, 4) is 0 Å². The molecule has 3 saturated heterocycles. The second kappa shape index (κ2) is 9.20. The van der Waals surface area contributed by atoms with E-state index in [4.69, 9.17) is 14.0 Å². The van der Waals surface area contributed by atoms with E-state index in [0.29, 0.717) is 37.4 Å². The van der Waals surface area contributed by atoms with Crippen LogP contribution in [0.3, 0.4) is 0 Å². The third kappa shape index (κ3) is 4.80. The van der Waals surface area contributed by atoms with Gasteiger partial charge in [-0.2, -0.15) is 0 Å². The Morgan fingerprint density at radius 2 is 1.54 bits per heavy atom. The minimum Gasteiger partial charge on any atom is -0.444 e. The molecule has 6 rings (SSSR count). The highest BCUT2D eigenvalue weighted by molar-refractivity contribution is 6.62. The maximum Gasteiger partial charge on any atom is 0.494 e. The summed E-state index contributed by atoms with van der Waals surface area (Å²) in [6.07, 6.45) is 2.90. The summed E-state index contributed by atoms with van der Waals surface area (Å²) in [6.45, 7) is 21.8. The molecule has 9 heteroatoms. The molecule has 4 fully saturated rings. The van der Waals surface area contributed by atoms with Gasteiger partial charge in [-0.3, -0.25) is 9.69 Å². The van der Waals surface area contributed by atoms with Crippen molar-refractivity contribution in [2.24, 2.45) is 5.41 Å². The van der Waals surface area contributed by atoms with Crippen LogP contribution in [0.1, 0.15) is 93.6 Å². The van der Waals surface area contributed by atoms with Crippen molar-refractivity contribution in [2.75, 3.05) is 31.1 Å². The van der Waals surface area contributed by atoms with Crippen LogP contribution in [-0.4, -0.2) is 84.0 Å². The molecule has 1 aliphatic carbocycles. The van der Waals surface area contributed by atoms with E-state index in [1.807, 2.05) is 20.8 Å². The van der Waals surface area contributed by atoms with E-state index in [2.05, 4.69) is 69.5 Å². The highest BCUT2D eigenvalue weighted by Gasteiger charge is 2.58. The zero-order chi connectivity index (χ0) is 29.8. The van der Waals surface area contributed by atoms with Crippen molar-refractivity contribution in [1.82, 2.24) is 9.80 Å².